The Morgan fingerprint density at radius 2 is 1.90 bits per heavy atom. The maximum absolute atomic E-state index is 11.6. The number of nitrogens with one attached hydrogen (secondary N) is 2. The van der Waals surface area contributed by atoms with Crippen molar-refractivity contribution in [1.29, 1.82) is 0 Å². The van der Waals surface area contributed by atoms with Crippen molar-refractivity contribution >= 4 is 11.8 Å². The Hall–Kier alpha value is -0.980. The molecule has 2 saturated heterocycles. The van der Waals surface area contributed by atoms with Gasteiger partial charge in [0.15, 0.2) is 0 Å². The van der Waals surface area contributed by atoms with E-state index in [1.54, 1.807) is 0 Å². The zero-order valence-corrected chi connectivity index (χ0v) is 12.7. The Bertz CT molecular complexity index is 364. The number of rotatable bonds is 5. The molecule has 0 saturated carbocycles. The molecule has 2 aliphatic rings. The van der Waals surface area contributed by atoms with Gasteiger partial charge < -0.3 is 10.2 Å². The quantitative estimate of drug-likeness (QED) is 0.651. The first-order valence-electron chi connectivity index (χ1n) is 7.47. The zero-order valence-electron chi connectivity index (χ0n) is 12.7. The predicted molar refractivity (Wildman–Crippen MR) is 77.3 cm³/mol. The largest absolute Gasteiger partial charge is 0.304 e. The fourth-order valence-corrected chi connectivity index (χ4v) is 2.92. The van der Waals surface area contributed by atoms with E-state index in [9.17, 15) is 9.59 Å². The Morgan fingerprint density at radius 3 is 2.40 bits per heavy atom. The van der Waals surface area contributed by atoms with Crippen LogP contribution in [0.2, 0.25) is 0 Å². The molecule has 0 aromatic heterocycles. The highest BCUT2D eigenvalue weighted by molar-refractivity contribution is 6.05. The van der Waals surface area contributed by atoms with Crippen LogP contribution in [-0.4, -0.2) is 73.5 Å². The van der Waals surface area contributed by atoms with Gasteiger partial charge in [-0.3, -0.25) is 19.8 Å². The molecule has 0 aromatic rings. The Labute approximate surface area is 120 Å². The number of nitrogens with zero attached hydrogens (tertiary/aromatic N) is 2. The van der Waals surface area contributed by atoms with Crippen LogP contribution in [0.5, 0.6) is 0 Å². The number of carbonyl (C=O) groups is 2. The minimum atomic E-state index is -0.351. The summed E-state index contributed by atoms with van der Waals surface area (Å²) >= 11 is 0. The summed E-state index contributed by atoms with van der Waals surface area (Å²) in [5.41, 5.74) is 0. The van der Waals surface area contributed by atoms with E-state index in [0.717, 1.165) is 32.7 Å². The molecule has 0 aromatic carbocycles. The van der Waals surface area contributed by atoms with E-state index in [1.807, 2.05) is 0 Å². The molecule has 2 fully saturated rings. The third kappa shape index (κ3) is 3.77. The lowest BCUT2D eigenvalue weighted by atomic mass is 10.0. The van der Waals surface area contributed by atoms with Crippen molar-refractivity contribution in [2.75, 3.05) is 39.8 Å². The number of carbonyl (C=O) groups excluding carboxylic acids is 2. The van der Waals surface area contributed by atoms with Crippen molar-refractivity contribution in [3.63, 3.8) is 0 Å². The molecule has 2 rings (SSSR count). The smallest absolute Gasteiger partial charge is 0.244 e. The predicted octanol–water partition coefficient (Wildman–Crippen LogP) is -0.737. The van der Waals surface area contributed by atoms with Gasteiger partial charge in [0, 0.05) is 38.8 Å². The van der Waals surface area contributed by atoms with Crippen molar-refractivity contribution in [1.82, 2.24) is 20.4 Å². The fraction of sp³-hybridized carbons (Fsp3) is 0.857. The number of likely N-dealkylation sites (N-methyl/N-ethyl adjacent to an activating group) is 1. The maximum atomic E-state index is 11.6. The summed E-state index contributed by atoms with van der Waals surface area (Å²) in [5, 5.41) is 5.61. The summed E-state index contributed by atoms with van der Waals surface area (Å²) in [5.74, 6) is 0.162. The SMILES string of the molecule is CC(C)C(CNC1CC(=O)NC1=O)N1CCN(C)CC1. The highest BCUT2D eigenvalue weighted by atomic mass is 16.2. The molecule has 20 heavy (non-hydrogen) atoms. The molecular formula is C14H26N4O2. The van der Waals surface area contributed by atoms with E-state index < -0.39 is 0 Å². The molecule has 2 aliphatic heterocycles. The lowest BCUT2D eigenvalue weighted by Gasteiger charge is -2.40. The van der Waals surface area contributed by atoms with Crippen LogP contribution in [-0.2, 0) is 9.59 Å². The summed E-state index contributed by atoms with van der Waals surface area (Å²) < 4.78 is 0. The van der Waals surface area contributed by atoms with Gasteiger partial charge >= 0.3 is 0 Å². The third-order valence-corrected chi connectivity index (χ3v) is 4.32. The van der Waals surface area contributed by atoms with Crippen molar-refractivity contribution in [2.24, 2.45) is 5.92 Å². The van der Waals surface area contributed by atoms with E-state index in [0.29, 0.717) is 12.0 Å². The van der Waals surface area contributed by atoms with Crippen LogP contribution in [0.15, 0.2) is 0 Å². The molecule has 0 radical (unpaired) electrons. The third-order valence-electron chi connectivity index (χ3n) is 4.32. The van der Waals surface area contributed by atoms with Gasteiger partial charge in [-0.05, 0) is 13.0 Å². The van der Waals surface area contributed by atoms with Gasteiger partial charge in [-0.2, -0.15) is 0 Å². The van der Waals surface area contributed by atoms with Crippen LogP contribution < -0.4 is 10.6 Å². The first kappa shape index (κ1) is 15.4. The molecule has 0 bridgehead atoms. The second kappa shape index (κ2) is 6.65. The first-order valence-corrected chi connectivity index (χ1v) is 7.47. The van der Waals surface area contributed by atoms with E-state index in [2.05, 4.69) is 41.3 Å². The minimum absolute atomic E-state index is 0.173. The average Bonchev–Trinajstić information content (AvgIpc) is 2.70. The summed E-state index contributed by atoms with van der Waals surface area (Å²) in [6.07, 6.45) is 0.270. The molecule has 0 spiro atoms. The van der Waals surface area contributed by atoms with Gasteiger partial charge in [0.05, 0.1) is 12.5 Å². The number of amides is 2. The van der Waals surface area contributed by atoms with Crippen LogP contribution in [0.3, 0.4) is 0 Å². The number of piperazine rings is 1. The number of hydrogen-bond donors (Lipinski definition) is 2. The van der Waals surface area contributed by atoms with Crippen molar-refractivity contribution in [3.8, 4) is 0 Å². The lowest BCUT2D eigenvalue weighted by molar-refractivity contribution is -0.125. The van der Waals surface area contributed by atoms with Gasteiger partial charge in [-0.25, -0.2) is 0 Å². The Kier molecular flexibility index (Phi) is 5.12. The molecule has 2 amide bonds. The normalized spacial score (nSPS) is 27.1. The van der Waals surface area contributed by atoms with Crippen LogP contribution >= 0.6 is 0 Å². The van der Waals surface area contributed by atoms with Crippen LogP contribution in [0, 0.1) is 5.92 Å². The highest BCUT2D eigenvalue weighted by Crippen LogP contribution is 2.13. The first-order chi connectivity index (χ1) is 9.47. The Balaban J connectivity index is 1.86. The summed E-state index contributed by atoms with van der Waals surface area (Å²) in [7, 11) is 2.15. The second-order valence-corrected chi connectivity index (χ2v) is 6.23. The van der Waals surface area contributed by atoms with Gasteiger partial charge in [0.1, 0.15) is 0 Å². The minimum Gasteiger partial charge on any atom is -0.304 e. The van der Waals surface area contributed by atoms with Gasteiger partial charge in [0.2, 0.25) is 11.8 Å². The van der Waals surface area contributed by atoms with Crippen LogP contribution in [0.1, 0.15) is 20.3 Å². The van der Waals surface area contributed by atoms with Crippen molar-refractivity contribution in [3.05, 3.63) is 0 Å². The zero-order chi connectivity index (χ0) is 14.7. The second-order valence-electron chi connectivity index (χ2n) is 6.23. The standard InChI is InChI=1S/C14H26N4O2/c1-10(2)12(18-6-4-17(3)5-7-18)9-15-11-8-13(19)16-14(11)20/h10-12,15H,4-9H2,1-3H3,(H,16,19,20). The van der Waals surface area contributed by atoms with E-state index in [4.69, 9.17) is 0 Å². The summed E-state index contributed by atoms with van der Waals surface area (Å²) in [4.78, 5) is 27.6. The fourth-order valence-electron chi connectivity index (χ4n) is 2.92. The van der Waals surface area contributed by atoms with Gasteiger partial charge in [-0.15, -0.1) is 0 Å². The number of imide groups is 1. The van der Waals surface area contributed by atoms with Crippen LogP contribution in [0.4, 0.5) is 0 Å². The molecule has 2 unspecified atom stereocenters. The summed E-state index contributed by atoms with van der Waals surface area (Å²) in [6.45, 7) is 9.49. The lowest BCUT2D eigenvalue weighted by Crippen LogP contribution is -2.55. The van der Waals surface area contributed by atoms with Gasteiger partial charge in [-0.1, -0.05) is 13.8 Å². The van der Waals surface area contributed by atoms with E-state index >= 15 is 0 Å². The van der Waals surface area contributed by atoms with Crippen LogP contribution in [0.25, 0.3) is 0 Å². The van der Waals surface area contributed by atoms with E-state index in [1.165, 1.54) is 0 Å². The van der Waals surface area contributed by atoms with Crippen molar-refractivity contribution < 1.29 is 9.59 Å². The molecular weight excluding hydrogens is 256 g/mol. The molecule has 0 aliphatic carbocycles. The highest BCUT2D eigenvalue weighted by Gasteiger charge is 2.32. The Morgan fingerprint density at radius 1 is 1.25 bits per heavy atom. The molecule has 2 atom stereocenters. The molecule has 2 heterocycles. The van der Waals surface area contributed by atoms with E-state index in [-0.39, 0.29) is 24.3 Å². The molecule has 6 heteroatoms. The van der Waals surface area contributed by atoms with Gasteiger partial charge in [0.25, 0.3) is 0 Å². The molecule has 6 nitrogen and oxygen atoms in total. The molecule has 114 valence electrons. The summed E-state index contributed by atoms with van der Waals surface area (Å²) in [6, 6.07) is 0.0587. The molecule has 2 N–H and O–H groups in total. The number of hydrogen-bond acceptors (Lipinski definition) is 5. The monoisotopic (exact) mass is 282 g/mol. The van der Waals surface area contributed by atoms with Crippen molar-refractivity contribution in [2.45, 2.75) is 32.4 Å². The average molecular weight is 282 g/mol. The maximum Gasteiger partial charge on any atom is 0.244 e. The topological polar surface area (TPSA) is 64.7 Å².